The van der Waals surface area contributed by atoms with Crippen LogP contribution >= 0.6 is 0 Å². The molecule has 4 nitrogen and oxygen atoms in total. The Balaban J connectivity index is 2.11. The third kappa shape index (κ3) is 3.89. The smallest absolute Gasteiger partial charge is 0.228 e. The zero-order valence-corrected chi connectivity index (χ0v) is 11.5. The van der Waals surface area contributed by atoms with Crippen molar-refractivity contribution in [2.24, 2.45) is 5.16 Å². The molecule has 0 atom stereocenters. The van der Waals surface area contributed by atoms with E-state index in [4.69, 9.17) is 5.21 Å². The second kappa shape index (κ2) is 6.65. The van der Waals surface area contributed by atoms with Gasteiger partial charge >= 0.3 is 0 Å². The molecule has 0 heterocycles. The summed E-state index contributed by atoms with van der Waals surface area (Å²) in [5.41, 5.74) is 2.35. The molecule has 0 fully saturated rings. The number of halogens is 1. The average Bonchev–Trinajstić information content (AvgIpc) is 2.49. The number of amides is 1. The molecule has 2 N–H and O–H groups in total. The third-order valence-electron chi connectivity index (χ3n) is 3.02. The molecule has 2 aromatic rings. The van der Waals surface area contributed by atoms with E-state index in [-0.39, 0.29) is 18.1 Å². The topological polar surface area (TPSA) is 61.7 Å². The average molecular weight is 286 g/mol. The second-order valence-electron chi connectivity index (χ2n) is 4.58. The summed E-state index contributed by atoms with van der Waals surface area (Å²) in [6, 6.07) is 12.8. The first-order chi connectivity index (χ1) is 10.1. The fourth-order valence-electron chi connectivity index (χ4n) is 1.94. The first-order valence-electron chi connectivity index (χ1n) is 6.42. The van der Waals surface area contributed by atoms with Crippen LogP contribution in [0.25, 0.3) is 0 Å². The monoisotopic (exact) mass is 286 g/mol. The molecule has 0 aliphatic rings. The molecule has 0 saturated heterocycles. The molecular weight excluding hydrogens is 271 g/mol. The van der Waals surface area contributed by atoms with Crippen molar-refractivity contribution < 1.29 is 14.4 Å². The minimum atomic E-state index is -0.334. The summed E-state index contributed by atoms with van der Waals surface area (Å²) < 4.78 is 12.8. The van der Waals surface area contributed by atoms with Gasteiger partial charge in [-0.1, -0.05) is 35.5 Å². The molecule has 0 bridgehead atoms. The Morgan fingerprint density at radius 1 is 1.19 bits per heavy atom. The van der Waals surface area contributed by atoms with Crippen LogP contribution in [-0.2, 0) is 11.2 Å². The van der Waals surface area contributed by atoms with Crippen LogP contribution in [0.5, 0.6) is 0 Å². The maximum absolute atomic E-state index is 12.8. The fourth-order valence-corrected chi connectivity index (χ4v) is 1.94. The molecule has 0 unspecified atom stereocenters. The van der Waals surface area contributed by atoms with Gasteiger partial charge in [0, 0.05) is 11.3 Å². The number of oxime groups is 1. The zero-order valence-electron chi connectivity index (χ0n) is 11.5. The molecule has 0 spiro atoms. The Morgan fingerprint density at radius 3 is 2.52 bits per heavy atom. The first-order valence-corrected chi connectivity index (χ1v) is 6.42. The van der Waals surface area contributed by atoms with Gasteiger partial charge in [-0.05, 0) is 30.7 Å². The standard InChI is InChI=1S/C16H15FN2O2/c1-11(19-21)14-4-2-3-5-15(14)18-16(20)10-12-6-8-13(17)9-7-12/h2-9,21H,10H2,1H3,(H,18,20)/b19-11+. The van der Waals surface area contributed by atoms with E-state index >= 15 is 0 Å². The largest absolute Gasteiger partial charge is 0.411 e. The van der Waals surface area contributed by atoms with Gasteiger partial charge in [0.25, 0.3) is 0 Å². The fraction of sp³-hybridized carbons (Fsp3) is 0.125. The van der Waals surface area contributed by atoms with E-state index in [1.165, 1.54) is 12.1 Å². The normalized spacial score (nSPS) is 11.2. The summed E-state index contributed by atoms with van der Waals surface area (Å²) in [5.74, 6) is -0.556. The summed E-state index contributed by atoms with van der Waals surface area (Å²) in [4.78, 5) is 12.0. The number of nitrogens with one attached hydrogen (secondary N) is 1. The quantitative estimate of drug-likeness (QED) is 0.515. The van der Waals surface area contributed by atoms with Gasteiger partial charge in [0.2, 0.25) is 5.91 Å². The third-order valence-corrected chi connectivity index (χ3v) is 3.02. The van der Waals surface area contributed by atoms with Crippen molar-refractivity contribution in [3.05, 3.63) is 65.5 Å². The molecule has 0 aromatic heterocycles. The Bertz CT molecular complexity index is 666. The highest BCUT2D eigenvalue weighted by atomic mass is 19.1. The van der Waals surface area contributed by atoms with Crippen LogP contribution in [0.1, 0.15) is 18.1 Å². The molecule has 21 heavy (non-hydrogen) atoms. The Hall–Kier alpha value is -2.69. The zero-order chi connectivity index (χ0) is 15.2. The van der Waals surface area contributed by atoms with Gasteiger partial charge in [0.1, 0.15) is 5.82 Å². The molecular formula is C16H15FN2O2. The lowest BCUT2D eigenvalue weighted by Crippen LogP contribution is -2.16. The predicted octanol–water partition coefficient (Wildman–Crippen LogP) is 3.21. The molecule has 5 heteroatoms. The van der Waals surface area contributed by atoms with E-state index in [9.17, 15) is 9.18 Å². The van der Waals surface area contributed by atoms with Crippen molar-refractivity contribution in [1.29, 1.82) is 0 Å². The van der Waals surface area contributed by atoms with Gasteiger partial charge in [-0.3, -0.25) is 4.79 Å². The molecule has 2 aromatic carbocycles. The van der Waals surface area contributed by atoms with Gasteiger partial charge < -0.3 is 10.5 Å². The maximum atomic E-state index is 12.8. The number of anilines is 1. The van der Waals surface area contributed by atoms with Crippen LogP contribution in [0.15, 0.2) is 53.7 Å². The van der Waals surface area contributed by atoms with Crippen LogP contribution in [0.4, 0.5) is 10.1 Å². The van der Waals surface area contributed by atoms with Crippen molar-refractivity contribution in [3.8, 4) is 0 Å². The van der Waals surface area contributed by atoms with E-state index < -0.39 is 0 Å². The number of carbonyl (C=O) groups is 1. The molecule has 2 rings (SSSR count). The summed E-state index contributed by atoms with van der Waals surface area (Å²) >= 11 is 0. The van der Waals surface area contributed by atoms with E-state index in [0.717, 1.165) is 5.56 Å². The summed E-state index contributed by atoms with van der Waals surface area (Å²) in [7, 11) is 0. The van der Waals surface area contributed by atoms with E-state index in [0.29, 0.717) is 17.0 Å². The Morgan fingerprint density at radius 2 is 1.86 bits per heavy atom. The lowest BCUT2D eigenvalue weighted by molar-refractivity contribution is -0.115. The van der Waals surface area contributed by atoms with Gasteiger partial charge in [0.05, 0.1) is 12.1 Å². The van der Waals surface area contributed by atoms with Gasteiger partial charge in [-0.25, -0.2) is 4.39 Å². The van der Waals surface area contributed by atoms with Crippen LogP contribution in [0.2, 0.25) is 0 Å². The molecule has 0 radical (unpaired) electrons. The number of hydrogen-bond donors (Lipinski definition) is 2. The van der Waals surface area contributed by atoms with Crippen LogP contribution in [0.3, 0.4) is 0 Å². The highest BCUT2D eigenvalue weighted by molar-refractivity contribution is 6.06. The summed E-state index contributed by atoms with van der Waals surface area (Å²) in [6.45, 7) is 1.64. The van der Waals surface area contributed by atoms with Crippen LogP contribution < -0.4 is 5.32 Å². The highest BCUT2D eigenvalue weighted by Crippen LogP contribution is 2.16. The van der Waals surface area contributed by atoms with Gasteiger partial charge in [-0.15, -0.1) is 0 Å². The van der Waals surface area contributed by atoms with E-state index in [1.807, 2.05) is 0 Å². The number of benzene rings is 2. The molecule has 0 aliphatic heterocycles. The van der Waals surface area contributed by atoms with Crippen molar-refractivity contribution in [2.75, 3.05) is 5.32 Å². The van der Waals surface area contributed by atoms with Crippen molar-refractivity contribution >= 4 is 17.3 Å². The predicted molar refractivity (Wildman–Crippen MR) is 79.2 cm³/mol. The van der Waals surface area contributed by atoms with Crippen LogP contribution in [-0.4, -0.2) is 16.8 Å². The Kier molecular flexibility index (Phi) is 4.66. The summed E-state index contributed by atoms with van der Waals surface area (Å²) in [6.07, 6.45) is 0.143. The number of carbonyl (C=O) groups excluding carboxylic acids is 1. The maximum Gasteiger partial charge on any atom is 0.228 e. The van der Waals surface area contributed by atoms with E-state index in [1.54, 1.807) is 43.3 Å². The van der Waals surface area contributed by atoms with E-state index in [2.05, 4.69) is 10.5 Å². The second-order valence-corrected chi connectivity index (χ2v) is 4.58. The van der Waals surface area contributed by atoms with Gasteiger partial charge in [0.15, 0.2) is 0 Å². The van der Waals surface area contributed by atoms with Crippen molar-refractivity contribution in [2.45, 2.75) is 13.3 Å². The molecule has 0 saturated carbocycles. The molecule has 0 aliphatic carbocycles. The number of nitrogens with zero attached hydrogens (tertiary/aromatic N) is 1. The SMILES string of the molecule is C/C(=N\O)c1ccccc1NC(=O)Cc1ccc(F)cc1. The number of para-hydroxylation sites is 1. The van der Waals surface area contributed by atoms with Crippen molar-refractivity contribution in [3.63, 3.8) is 0 Å². The number of hydrogen-bond acceptors (Lipinski definition) is 3. The molecule has 108 valence electrons. The van der Waals surface area contributed by atoms with Crippen LogP contribution in [0, 0.1) is 5.82 Å². The highest BCUT2D eigenvalue weighted by Gasteiger charge is 2.09. The minimum absolute atomic E-state index is 0.143. The number of rotatable bonds is 4. The Labute approximate surface area is 121 Å². The summed E-state index contributed by atoms with van der Waals surface area (Å²) in [5, 5.41) is 14.8. The lowest BCUT2D eigenvalue weighted by Gasteiger charge is -2.10. The lowest BCUT2D eigenvalue weighted by atomic mass is 10.1. The van der Waals surface area contributed by atoms with Gasteiger partial charge in [-0.2, -0.15) is 0 Å². The molecule has 1 amide bonds. The van der Waals surface area contributed by atoms with Crippen molar-refractivity contribution in [1.82, 2.24) is 0 Å². The minimum Gasteiger partial charge on any atom is -0.411 e. The first kappa shape index (κ1) is 14.7.